The second kappa shape index (κ2) is 10.8. The summed E-state index contributed by atoms with van der Waals surface area (Å²) < 4.78 is 0. The summed E-state index contributed by atoms with van der Waals surface area (Å²) in [5.74, 6) is 0.893. The Kier molecular flexibility index (Phi) is 10.5. The van der Waals surface area contributed by atoms with Crippen LogP contribution in [0.4, 0.5) is 0 Å². The predicted octanol–water partition coefficient (Wildman–Crippen LogP) is 3.92. The Hall–Kier alpha value is -0.300. The van der Waals surface area contributed by atoms with Crippen molar-refractivity contribution in [3.05, 3.63) is 12.2 Å². The van der Waals surface area contributed by atoms with E-state index in [0.29, 0.717) is 0 Å². The second-order valence-corrected chi connectivity index (χ2v) is 4.00. The molecule has 0 saturated heterocycles. The van der Waals surface area contributed by atoms with Crippen LogP contribution in [0.15, 0.2) is 12.2 Å². The maximum absolute atomic E-state index is 8.58. The van der Waals surface area contributed by atoms with Crippen molar-refractivity contribution in [1.29, 1.82) is 0 Å². The van der Waals surface area contributed by atoms with Crippen LogP contribution in [0.2, 0.25) is 0 Å². The molecule has 1 nitrogen and oxygen atoms in total. The molecule has 0 aromatic rings. The van der Waals surface area contributed by atoms with Gasteiger partial charge in [0.15, 0.2) is 0 Å². The Morgan fingerprint density at radius 3 is 2.43 bits per heavy atom. The van der Waals surface area contributed by atoms with Crippen LogP contribution in [-0.2, 0) is 0 Å². The van der Waals surface area contributed by atoms with Gasteiger partial charge in [0, 0.05) is 0 Å². The van der Waals surface area contributed by atoms with Crippen molar-refractivity contribution in [3.8, 4) is 0 Å². The zero-order chi connectivity index (χ0) is 10.6. The van der Waals surface area contributed by atoms with Crippen molar-refractivity contribution in [3.63, 3.8) is 0 Å². The molecule has 0 spiro atoms. The minimum absolute atomic E-state index is 0.187. The first-order chi connectivity index (χ1) is 6.85. The van der Waals surface area contributed by atoms with E-state index < -0.39 is 0 Å². The SMILES string of the molecule is CCCCCC(CC)CCC=CCO. The number of hydrogen-bond donors (Lipinski definition) is 1. The molecule has 0 bridgehead atoms. The van der Waals surface area contributed by atoms with Gasteiger partial charge in [0.1, 0.15) is 0 Å². The number of unbranched alkanes of at least 4 members (excludes halogenated alkanes) is 2. The van der Waals surface area contributed by atoms with E-state index >= 15 is 0 Å². The van der Waals surface area contributed by atoms with E-state index in [4.69, 9.17) is 5.11 Å². The van der Waals surface area contributed by atoms with Crippen LogP contribution < -0.4 is 0 Å². The van der Waals surface area contributed by atoms with Gasteiger partial charge in [-0.25, -0.2) is 0 Å². The lowest BCUT2D eigenvalue weighted by Crippen LogP contribution is -1.98. The van der Waals surface area contributed by atoms with Crippen LogP contribution in [-0.4, -0.2) is 11.7 Å². The molecule has 0 aliphatic heterocycles. The van der Waals surface area contributed by atoms with Crippen LogP contribution in [0.25, 0.3) is 0 Å². The summed E-state index contributed by atoms with van der Waals surface area (Å²) in [6.45, 7) is 4.73. The van der Waals surface area contributed by atoms with E-state index in [1.54, 1.807) is 0 Å². The zero-order valence-corrected chi connectivity index (χ0v) is 9.84. The molecule has 1 N–H and O–H groups in total. The molecule has 0 amide bonds. The summed E-state index contributed by atoms with van der Waals surface area (Å²) in [4.78, 5) is 0. The smallest absolute Gasteiger partial charge is 0.0612 e. The molecule has 0 radical (unpaired) electrons. The van der Waals surface area contributed by atoms with Gasteiger partial charge in [0.2, 0.25) is 0 Å². The molecule has 0 fully saturated rings. The van der Waals surface area contributed by atoms with Crippen molar-refractivity contribution in [1.82, 2.24) is 0 Å². The maximum Gasteiger partial charge on any atom is 0.0612 e. The Morgan fingerprint density at radius 2 is 1.86 bits per heavy atom. The highest BCUT2D eigenvalue weighted by molar-refractivity contribution is 4.81. The summed E-state index contributed by atoms with van der Waals surface area (Å²) in [5.41, 5.74) is 0. The van der Waals surface area contributed by atoms with E-state index in [1.807, 2.05) is 6.08 Å². The second-order valence-electron chi connectivity index (χ2n) is 4.00. The first-order valence-electron chi connectivity index (χ1n) is 6.11. The maximum atomic E-state index is 8.58. The highest BCUT2D eigenvalue weighted by Crippen LogP contribution is 2.19. The quantitative estimate of drug-likeness (QED) is 0.440. The fraction of sp³-hybridized carbons (Fsp3) is 0.846. The molecule has 14 heavy (non-hydrogen) atoms. The molecule has 0 rings (SSSR count). The van der Waals surface area contributed by atoms with Gasteiger partial charge >= 0.3 is 0 Å². The van der Waals surface area contributed by atoms with E-state index in [0.717, 1.165) is 12.3 Å². The predicted molar refractivity (Wildman–Crippen MR) is 63.4 cm³/mol. The monoisotopic (exact) mass is 198 g/mol. The number of allylic oxidation sites excluding steroid dienone is 1. The third-order valence-corrected chi connectivity index (χ3v) is 2.81. The minimum atomic E-state index is 0.187. The molecular weight excluding hydrogens is 172 g/mol. The normalized spacial score (nSPS) is 13.6. The molecule has 1 atom stereocenters. The fourth-order valence-electron chi connectivity index (χ4n) is 1.76. The van der Waals surface area contributed by atoms with Gasteiger partial charge in [-0.2, -0.15) is 0 Å². The molecular formula is C13H26O. The largest absolute Gasteiger partial charge is 0.392 e. The molecule has 0 aliphatic carbocycles. The Bertz CT molecular complexity index is 129. The lowest BCUT2D eigenvalue weighted by atomic mass is 9.94. The van der Waals surface area contributed by atoms with Gasteiger partial charge in [0.05, 0.1) is 6.61 Å². The Morgan fingerprint density at radius 1 is 1.07 bits per heavy atom. The molecule has 84 valence electrons. The van der Waals surface area contributed by atoms with E-state index in [1.165, 1.54) is 38.5 Å². The van der Waals surface area contributed by atoms with Gasteiger partial charge in [-0.1, -0.05) is 58.1 Å². The Balaban J connectivity index is 3.42. The van der Waals surface area contributed by atoms with Gasteiger partial charge in [-0.05, 0) is 18.8 Å². The summed E-state index contributed by atoms with van der Waals surface area (Å²) >= 11 is 0. The highest BCUT2D eigenvalue weighted by Gasteiger charge is 2.03. The summed E-state index contributed by atoms with van der Waals surface area (Å²) in [6.07, 6.45) is 13.1. The van der Waals surface area contributed by atoms with Crippen molar-refractivity contribution in [2.45, 2.75) is 58.8 Å². The average molecular weight is 198 g/mol. The third-order valence-electron chi connectivity index (χ3n) is 2.81. The van der Waals surface area contributed by atoms with Crippen LogP contribution in [0, 0.1) is 5.92 Å². The molecule has 1 unspecified atom stereocenters. The fourth-order valence-corrected chi connectivity index (χ4v) is 1.76. The van der Waals surface area contributed by atoms with Crippen molar-refractivity contribution >= 4 is 0 Å². The molecule has 1 heteroatoms. The summed E-state index contributed by atoms with van der Waals surface area (Å²) in [6, 6.07) is 0. The lowest BCUT2D eigenvalue weighted by Gasteiger charge is -2.12. The van der Waals surface area contributed by atoms with Crippen molar-refractivity contribution < 1.29 is 5.11 Å². The molecule has 0 saturated carbocycles. The van der Waals surface area contributed by atoms with Crippen LogP contribution in [0.5, 0.6) is 0 Å². The van der Waals surface area contributed by atoms with E-state index in [2.05, 4.69) is 19.9 Å². The number of hydrogen-bond acceptors (Lipinski definition) is 1. The van der Waals surface area contributed by atoms with E-state index in [9.17, 15) is 0 Å². The molecule has 0 aromatic heterocycles. The summed E-state index contributed by atoms with van der Waals surface area (Å²) in [5, 5.41) is 8.58. The van der Waals surface area contributed by atoms with Crippen LogP contribution in [0.1, 0.15) is 58.8 Å². The Labute approximate surface area is 89.2 Å². The van der Waals surface area contributed by atoms with Gasteiger partial charge in [0.25, 0.3) is 0 Å². The van der Waals surface area contributed by atoms with Gasteiger partial charge in [-0.15, -0.1) is 0 Å². The first kappa shape index (κ1) is 13.7. The van der Waals surface area contributed by atoms with Gasteiger partial charge < -0.3 is 5.11 Å². The van der Waals surface area contributed by atoms with Crippen molar-refractivity contribution in [2.75, 3.05) is 6.61 Å². The molecule has 0 aromatic carbocycles. The van der Waals surface area contributed by atoms with Crippen molar-refractivity contribution in [2.24, 2.45) is 5.92 Å². The minimum Gasteiger partial charge on any atom is -0.392 e. The summed E-state index contributed by atoms with van der Waals surface area (Å²) in [7, 11) is 0. The van der Waals surface area contributed by atoms with E-state index in [-0.39, 0.29) is 6.61 Å². The zero-order valence-electron chi connectivity index (χ0n) is 9.84. The highest BCUT2D eigenvalue weighted by atomic mass is 16.2. The first-order valence-corrected chi connectivity index (χ1v) is 6.11. The number of rotatable bonds is 9. The van der Waals surface area contributed by atoms with Crippen LogP contribution in [0.3, 0.4) is 0 Å². The standard InChI is InChI=1S/C13H26O/c1-3-5-7-10-13(4-2)11-8-6-9-12-14/h6,9,13-14H,3-5,7-8,10-12H2,1-2H3. The number of aliphatic hydroxyl groups excluding tert-OH is 1. The van der Waals surface area contributed by atoms with Gasteiger partial charge in [-0.3, -0.25) is 0 Å². The molecule has 0 aliphatic rings. The average Bonchev–Trinajstić information content (AvgIpc) is 2.22. The molecule has 0 heterocycles. The van der Waals surface area contributed by atoms with Crippen LogP contribution >= 0.6 is 0 Å². The lowest BCUT2D eigenvalue weighted by molar-refractivity contribution is 0.342. The number of aliphatic hydroxyl groups is 1. The third kappa shape index (κ3) is 8.31. The topological polar surface area (TPSA) is 20.2 Å².